The molecule has 0 unspecified atom stereocenters. The second-order valence-corrected chi connectivity index (χ2v) is 9.98. The fraction of sp³-hybridized carbons (Fsp3) is 0.400. The van der Waals surface area contributed by atoms with E-state index in [-0.39, 0.29) is 11.6 Å². The molecular weight excluding hydrogens is 425 g/mol. The van der Waals surface area contributed by atoms with Gasteiger partial charge in [-0.25, -0.2) is 13.1 Å². The average molecular weight is 447 g/mol. The van der Waals surface area contributed by atoms with Crippen molar-refractivity contribution in [1.82, 2.24) is 4.72 Å². The largest absolute Gasteiger partial charge is 0.417 e. The highest BCUT2D eigenvalue weighted by molar-refractivity contribution is 7.89. The highest BCUT2D eigenvalue weighted by atomic mass is 35.5. The van der Waals surface area contributed by atoms with E-state index in [2.05, 4.69) is 10.0 Å². The van der Waals surface area contributed by atoms with Crippen LogP contribution < -0.4 is 10.0 Å². The van der Waals surface area contributed by atoms with E-state index in [0.717, 1.165) is 30.5 Å². The summed E-state index contributed by atoms with van der Waals surface area (Å²) >= 11 is 5.91. The maximum Gasteiger partial charge on any atom is 0.417 e. The van der Waals surface area contributed by atoms with Crippen LogP contribution in [0.25, 0.3) is 0 Å². The molecule has 3 rings (SSSR count). The van der Waals surface area contributed by atoms with E-state index in [4.69, 9.17) is 11.6 Å². The molecule has 0 atom stereocenters. The Balaban J connectivity index is 1.98. The molecule has 2 aromatic carbocycles. The summed E-state index contributed by atoms with van der Waals surface area (Å²) in [5, 5.41) is 3.40. The summed E-state index contributed by atoms with van der Waals surface area (Å²) < 4.78 is 69.1. The lowest BCUT2D eigenvalue weighted by Crippen LogP contribution is -2.45. The van der Waals surface area contributed by atoms with E-state index in [9.17, 15) is 21.6 Å². The van der Waals surface area contributed by atoms with Gasteiger partial charge in [0.15, 0.2) is 0 Å². The molecule has 0 spiro atoms. The summed E-state index contributed by atoms with van der Waals surface area (Å²) in [6.45, 7) is 5.14. The molecule has 1 aliphatic carbocycles. The summed E-state index contributed by atoms with van der Waals surface area (Å²) in [5.74, 6) is 0.125. The number of hydrogen-bond donors (Lipinski definition) is 2. The van der Waals surface area contributed by atoms with Crippen LogP contribution in [0.3, 0.4) is 0 Å². The molecule has 0 radical (unpaired) electrons. The number of anilines is 2. The number of nitrogens with one attached hydrogen (secondary N) is 2. The standard InChI is InChI=1S/C20H22ClF3N2O2S/c1-12-10-14(21)6-8-17(12)25-15-7-9-18(16(11-15)20(22,23)24)29(27,28)26-19(2,3)13-4-5-13/h6-11,13,25-26H,4-5H2,1-3H3. The van der Waals surface area contributed by atoms with Gasteiger partial charge in [0.05, 0.1) is 10.5 Å². The minimum Gasteiger partial charge on any atom is -0.355 e. The molecule has 0 aliphatic heterocycles. The van der Waals surface area contributed by atoms with E-state index in [1.165, 1.54) is 6.07 Å². The quantitative estimate of drug-likeness (QED) is 0.582. The first-order valence-corrected chi connectivity index (χ1v) is 10.9. The Hall–Kier alpha value is -1.77. The van der Waals surface area contributed by atoms with E-state index in [0.29, 0.717) is 10.7 Å². The molecular formula is C20H22ClF3N2O2S. The molecule has 29 heavy (non-hydrogen) atoms. The molecule has 1 aliphatic rings. The Labute approximate surface area is 173 Å². The average Bonchev–Trinajstić information content (AvgIpc) is 3.41. The van der Waals surface area contributed by atoms with Crippen molar-refractivity contribution >= 4 is 33.0 Å². The van der Waals surface area contributed by atoms with E-state index in [1.807, 2.05) is 0 Å². The maximum atomic E-state index is 13.7. The van der Waals surface area contributed by atoms with Gasteiger partial charge >= 0.3 is 6.18 Å². The van der Waals surface area contributed by atoms with Gasteiger partial charge in [0.1, 0.15) is 0 Å². The molecule has 0 aromatic heterocycles. The topological polar surface area (TPSA) is 58.2 Å². The predicted octanol–water partition coefficient (Wildman–Crippen LogP) is 5.88. The zero-order valence-corrected chi connectivity index (χ0v) is 17.8. The molecule has 0 bridgehead atoms. The van der Waals surface area contributed by atoms with Crippen LogP contribution in [-0.4, -0.2) is 14.0 Å². The van der Waals surface area contributed by atoms with Gasteiger partial charge in [0.2, 0.25) is 10.0 Å². The summed E-state index contributed by atoms with van der Waals surface area (Å²) in [5.41, 5.74) is -0.572. The summed E-state index contributed by atoms with van der Waals surface area (Å²) in [7, 11) is -4.36. The van der Waals surface area contributed by atoms with Crippen molar-refractivity contribution in [3.8, 4) is 0 Å². The van der Waals surface area contributed by atoms with Gasteiger partial charge in [0, 0.05) is 21.9 Å². The second kappa shape index (κ2) is 7.49. The maximum absolute atomic E-state index is 13.7. The monoisotopic (exact) mass is 446 g/mol. The zero-order valence-electron chi connectivity index (χ0n) is 16.2. The first kappa shape index (κ1) is 21.9. The third-order valence-corrected chi connectivity index (χ3v) is 7.00. The Morgan fingerprint density at radius 1 is 1.07 bits per heavy atom. The van der Waals surface area contributed by atoms with Crippen molar-refractivity contribution in [3.05, 3.63) is 52.5 Å². The lowest BCUT2D eigenvalue weighted by atomic mass is 10.0. The Bertz CT molecular complexity index is 1030. The van der Waals surface area contributed by atoms with Crippen molar-refractivity contribution in [3.63, 3.8) is 0 Å². The first-order valence-electron chi connectivity index (χ1n) is 9.08. The summed E-state index contributed by atoms with van der Waals surface area (Å²) in [4.78, 5) is -0.780. The van der Waals surface area contributed by atoms with Crippen molar-refractivity contribution in [1.29, 1.82) is 0 Å². The molecule has 0 saturated heterocycles. The Kier molecular flexibility index (Phi) is 5.66. The third kappa shape index (κ3) is 5.05. The van der Waals surface area contributed by atoms with Crippen LogP contribution in [0.1, 0.15) is 37.8 Å². The number of sulfonamides is 1. The smallest absolute Gasteiger partial charge is 0.355 e. The fourth-order valence-corrected chi connectivity index (χ4v) is 5.18. The molecule has 2 N–H and O–H groups in total. The fourth-order valence-electron chi connectivity index (χ4n) is 3.28. The van der Waals surface area contributed by atoms with Gasteiger partial charge in [-0.05, 0) is 81.5 Å². The SMILES string of the molecule is Cc1cc(Cl)ccc1Nc1ccc(S(=O)(=O)NC(C)(C)C2CC2)c(C(F)(F)F)c1. The number of halogens is 4. The molecule has 1 saturated carbocycles. The van der Waals surface area contributed by atoms with Crippen molar-refractivity contribution in [2.24, 2.45) is 5.92 Å². The van der Waals surface area contributed by atoms with E-state index < -0.39 is 32.2 Å². The lowest BCUT2D eigenvalue weighted by molar-refractivity contribution is -0.139. The van der Waals surface area contributed by atoms with Gasteiger partial charge in [0.25, 0.3) is 0 Å². The molecule has 0 amide bonds. The van der Waals surface area contributed by atoms with Crippen LogP contribution in [-0.2, 0) is 16.2 Å². The van der Waals surface area contributed by atoms with E-state index in [1.54, 1.807) is 39.0 Å². The Morgan fingerprint density at radius 3 is 2.28 bits per heavy atom. The van der Waals surface area contributed by atoms with Crippen LogP contribution in [0.5, 0.6) is 0 Å². The third-order valence-electron chi connectivity index (χ3n) is 5.04. The molecule has 0 heterocycles. The molecule has 1 fully saturated rings. The second-order valence-electron chi connectivity index (χ2n) is 7.89. The number of benzene rings is 2. The number of alkyl halides is 3. The van der Waals surface area contributed by atoms with E-state index >= 15 is 0 Å². The van der Waals surface area contributed by atoms with Crippen LogP contribution in [0.15, 0.2) is 41.3 Å². The van der Waals surface area contributed by atoms with Crippen LogP contribution in [0.2, 0.25) is 5.02 Å². The normalized spacial score (nSPS) is 15.4. The molecule has 4 nitrogen and oxygen atoms in total. The minimum atomic E-state index is -4.83. The molecule has 9 heteroatoms. The summed E-state index contributed by atoms with van der Waals surface area (Å²) in [6.07, 6.45) is -3.13. The number of hydrogen-bond acceptors (Lipinski definition) is 3. The highest BCUT2D eigenvalue weighted by Gasteiger charge is 2.43. The van der Waals surface area contributed by atoms with Crippen LogP contribution in [0.4, 0.5) is 24.5 Å². The minimum absolute atomic E-state index is 0.125. The lowest BCUT2D eigenvalue weighted by Gasteiger charge is -2.27. The van der Waals surface area contributed by atoms with Gasteiger partial charge in [-0.2, -0.15) is 13.2 Å². The van der Waals surface area contributed by atoms with Gasteiger partial charge in [-0.1, -0.05) is 11.6 Å². The first-order chi connectivity index (χ1) is 13.3. The van der Waals surface area contributed by atoms with Crippen LogP contribution in [0, 0.1) is 12.8 Å². The van der Waals surface area contributed by atoms with Gasteiger partial charge in [-0.3, -0.25) is 0 Å². The predicted molar refractivity (Wildman–Crippen MR) is 108 cm³/mol. The van der Waals surface area contributed by atoms with Gasteiger partial charge < -0.3 is 5.32 Å². The van der Waals surface area contributed by atoms with Crippen molar-refractivity contribution in [2.45, 2.75) is 50.2 Å². The summed E-state index contributed by atoms with van der Waals surface area (Å²) in [6, 6.07) is 8.06. The van der Waals surface area contributed by atoms with Crippen molar-refractivity contribution < 1.29 is 21.6 Å². The highest BCUT2D eigenvalue weighted by Crippen LogP contribution is 2.41. The van der Waals surface area contributed by atoms with Gasteiger partial charge in [-0.15, -0.1) is 0 Å². The number of aryl methyl sites for hydroxylation is 1. The van der Waals surface area contributed by atoms with Crippen LogP contribution >= 0.6 is 11.6 Å². The molecule has 158 valence electrons. The van der Waals surface area contributed by atoms with Crippen molar-refractivity contribution in [2.75, 3.05) is 5.32 Å². The Morgan fingerprint density at radius 2 is 1.72 bits per heavy atom. The molecule has 2 aromatic rings. The zero-order chi connectivity index (χ0) is 21.6. The number of rotatable bonds is 6.